The summed E-state index contributed by atoms with van der Waals surface area (Å²) in [4.78, 5) is 17.5. The number of carbonyl (C=O) groups is 1. The molecule has 2 aromatic carbocycles. The Bertz CT molecular complexity index is 826. The van der Waals surface area contributed by atoms with Gasteiger partial charge in [-0.1, -0.05) is 29.8 Å². The molecule has 4 heteroatoms. The number of rotatable bonds is 5. The third kappa shape index (κ3) is 3.86. The monoisotopic (exact) mass is 363 g/mol. The Balaban J connectivity index is 1.52. The number of fused-ring (bicyclic) bond motifs is 1. The van der Waals surface area contributed by atoms with Crippen LogP contribution in [0.2, 0.25) is 0 Å². The molecule has 2 aromatic rings. The second-order valence-corrected chi connectivity index (χ2v) is 7.90. The van der Waals surface area contributed by atoms with E-state index in [-0.39, 0.29) is 11.9 Å². The van der Waals surface area contributed by atoms with Crippen molar-refractivity contribution in [2.24, 2.45) is 0 Å². The molecule has 4 nitrogen and oxygen atoms in total. The van der Waals surface area contributed by atoms with Crippen molar-refractivity contribution in [3.05, 3.63) is 64.7 Å². The number of likely N-dealkylation sites (tertiary alicyclic amines) is 1. The van der Waals surface area contributed by atoms with Crippen LogP contribution in [0.5, 0.6) is 0 Å². The second-order valence-electron chi connectivity index (χ2n) is 7.90. The van der Waals surface area contributed by atoms with Gasteiger partial charge in [-0.15, -0.1) is 0 Å². The Morgan fingerprint density at radius 1 is 1.11 bits per heavy atom. The van der Waals surface area contributed by atoms with Gasteiger partial charge in [0.15, 0.2) is 0 Å². The number of likely N-dealkylation sites (N-methyl/N-ethyl adjacent to an activating group) is 1. The molecule has 1 saturated heterocycles. The molecule has 4 rings (SSSR count). The lowest BCUT2D eigenvalue weighted by Gasteiger charge is -2.29. The van der Waals surface area contributed by atoms with Gasteiger partial charge >= 0.3 is 0 Å². The fraction of sp³-hybridized carbons (Fsp3) is 0.435. The van der Waals surface area contributed by atoms with E-state index in [1.54, 1.807) is 0 Å². The number of aryl methyl sites for hydroxylation is 1. The third-order valence-corrected chi connectivity index (χ3v) is 5.93. The highest BCUT2D eigenvalue weighted by Gasteiger charge is 2.26. The minimum Gasteiger partial charge on any atom is -0.374 e. The number of amides is 1. The molecule has 0 aliphatic carbocycles. The molecule has 2 aliphatic heterocycles. The van der Waals surface area contributed by atoms with E-state index in [0.717, 1.165) is 37.2 Å². The predicted octanol–water partition coefficient (Wildman–Crippen LogP) is 3.55. The van der Waals surface area contributed by atoms with Gasteiger partial charge in [-0.25, -0.2) is 0 Å². The molecule has 0 radical (unpaired) electrons. The van der Waals surface area contributed by atoms with Gasteiger partial charge in [-0.3, -0.25) is 9.69 Å². The van der Waals surface area contributed by atoms with Crippen LogP contribution in [-0.4, -0.2) is 44.0 Å². The van der Waals surface area contributed by atoms with Crippen LogP contribution in [0.3, 0.4) is 0 Å². The number of hydrogen-bond acceptors (Lipinski definition) is 3. The zero-order valence-corrected chi connectivity index (χ0v) is 16.4. The highest BCUT2D eigenvalue weighted by molar-refractivity contribution is 5.94. The standard InChI is InChI=1S/C23H29N3O/c1-17-6-5-7-20(14-17)23(27)24-16-22(26-11-3-4-12-26)18-8-9-21-19(15-18)10-13-25(21)2/h5-9,14-15,22H,3-4,10-13,16H2,1-2H3,(H,24,27)/t22-/m1/s1. The van der Waals surface area contributed by atoms with Gasteiger partial charge in [0.05, 0.1) is 6.04 Å². The molecular formula is C23H29N3O. The van der Waals surface area contributed by atoms with E-state index in [2.05, 4.69) is 40.4 Å². The van der Waals surface area contributed by atoms with Gasteiger partial charge in [-0.05, 0) is 68.6 Å². The van der Waals surface area contributed by atoms with E-state index in [9.17, 15) is 4.79 Å². The number of benzene rings is 2. The van der Waals surface area contributed by atoms with Gasteiger partial charge in [0, 0.05) is 31.4 Å². The number of hydrogen-bond donors (Lipinski definition) is 1. The Labute approximate surface area is 162 Å². The first kappa shape index (κ1) is 18.1. The van der Waals surface area contributed by atoms with E-state index in [0.29, 0.717) is 6.54 Å². The summed E-state index contributed by atoms with van der Waals surface area (Å²) in [6.07, 6.45) is 3.61. The largest absolute Gasteiger partial charge is 0.374 e. The molecule has 1 amide bonds. The molecule has 2 heterocycles. The van der Waals surface area contributed by atoms with E-state index >= 15 is 0 Å². The molecule has 0 aromatic heterocycles. The first-order chi connectivity index (χ1) is 13.1. The number of nitrogens with zero attached hydrogens (tertiary/aromatic N) is 2. The van der Waals surface area contributed by atoms with Gasteiger partial charge in [0.1, 0.15) is 0 Å². The van der Waals surface area contributed by atoms with Crippen LogP contribution in [-0.2, 0) is 6.42 Å². The van der Waals surface area contributed by atoms with Crippen molar-refractivity contribution in [3.63, 3.8) is 0 Å². The predicted molar refractivity (Wildman–Crippen MR) is 110 cm³/mol. The molecule has 0 spiro atoms. The molecule has 142 valence electrons. The van der Waals surface area contributed by atoms with Gasteiger partial charge < -0.3 is 10.2 Å². The molecule has 27 heavy (non-hydrogen) atoms. The summed E-state index contributed by atoms with van der Waals surface area (Å²) in [5.74, 6) is 0.0174. The summed E-state index contributed by atoms with van der Waals surface area (Å²) in [5, 5.41) is 3.19. The summed E-state index contributed by atoms with van der Waals surface area (Å²) in [5.41, 5.74) is 5.97. The first-order valence-electron chi connectivity index (χ1n) is 10.0. The smallest absolute Gasteiger partial charge is 0.251 e. The molecule has 2 aliphatic rings. The SMILES string of the molecule is Cc1cccc(C(=O)NC[C@H](c2ccc3c(c2)CCN3C)N2CCCC2)c1. The van der Waals surface area contributed by atoms with E-state index in [1.807, 2.05) is 31.2 Å². The second kappa shape index (κ2) is 7.73. The van der Waals surface area contributed by atoms with Crippen LogP contribution in [0, 0.1) is 6.92 Å². The van der Waals surface area contributed by atoms with E-state index < -0.39 is 0 Å². The molecule has 0 bridgehead atoms. The van der Waals surface area contributed by atoms with Gasteiger partial charge in [0.25, 0.3) is 5.91 Å². The Kier molecular flexibility index (Phi) is 5.17. The number of nitrogens with one attached hydrogen (secondary N) is 1. The fourth-order valence-electron chi connectivity index (χ4n) is 4.38. The molecule has 1 fully saturated rings. The van der Waals surface area contributed by atoms with Crippen LogP contribution < -0.4 is 10.2 Å². The maximum absolute atomic E-state index is 12.6. The average Bonchev–Trinajstić information content (AvgIpc) is 3.32. The summed E-state index contributed by atoms with van der Waals surface area (Å²) in [6.45, 7) is 5.99. The zero-order chi connectivity index (χ0) is 18.8. The number of anilines is 1. The summed E-state index contributed by atoms with van der Waals surface area (Å²) >= 11 is 0. The van der Waals surface area contributed by atoms with Crippen LogP contribution in [0.25, 0.3) is 0 Å². The maximum atomic E-state index is 12.6. The van der Waals surface area contributed by atoms with Crippen molar-refractivity contribution in [2.75, 3.05) is 38.1 Å². The molecule has 1 atom stereocenters. The average molecular weight is 364 g/mol. The van der Waals surface area contributed by atoms with Gasteiger partial charge in [-0.2, -0.15) is 0 Å². The van der Waals surface area contributed by atoms with Crippen molar-refractivity contribution in [3.8, 4) is 0 Å². The van der Waals surface area contributed by atoms with Crippen molar-refractivity contribution in [1.82, 2.24) is 10.2 Å². The maximum Gasteiger partial charge on any atom is 0.251 e. The molecule has 1 N–H and O–H groups in total. The highest BCUT2D eigenvalue weighted by Crippen LogP contribution is 2.32. The van der Waals surface area contributed by atoms with Crippen LogP contribution >= 0.6 is 0 Å². The Morgan fingerprint density at radius 3 is 2.70 bits per heavy atom. The third-order valence-electron chi connectivity index (χ3n) is 5.93. The quantitative estimate of drug-likeness (QED) is 0.882. The topological polar surface area (TPSA) is 35.6 Å². The summed E-state index contributed by atoms with van der Waals surface area (Å²) in [7, 11) is 2.16. The first-order valence-corrected chi connectivity index (χ1v) is 10.0. The van der Waals surface area contributed by atoms with E-state index in [4.69, 9.17) is 0 Å². The van der Waals surface area contributed by atoms with Crippen molar-refractivity contribution in [2.45, 2.75) is 32.2 Å². The van der Waals surface area contributed by atoms with E-state index in [1.165, 1.54) is 29.7 Å². The zero-order valence-electron chi connectivity index (χ0n) is 16.4. The van der Waals surface area contributed by atoms with Crippen LogP contribution in [0.1, 0.15) is 45.9 Å². The summed E-state index contributed by atoms with van der Waals surface area (Å²) in [6, 6.07) is 14.9. The minimum absolute atomic E-state index is 0.0174. The number of carbonyl (C=O) groups excluding carboxylic acids is 1. The Hall–Kier alpha value is -2.33. The van der Waals surface area contributed by atoms with Crippen molar-refractivity contribution >= 4 is 11.6 Å². The lowest BCUT2D eigenvalue weighted by molar-refractivity contribution is 0.0938. The highest BCUT2D eigenvalue weighted by atomic mass is 16.1. The Morgan fingerprint density at radius 2 is 1.93 bits per heavy atom. The summed E-state index contributed by atoms with van der Waals surface area (Å²) < 4.78 is 0. The molecular weight excluding hydrogens is 334 g/mol. The van der Waals surface area contributed by atoms with Crippen molar-refractivity contribution in [1.29, 1.82) is 0 Å². The van der Waals surface area contributed by atoms with Crippen molar-refractivity contribution < 1.29 is 4.79 Å². The normalized spacial score (nSPS) is 17.8. The minimum atomic E-state index is 0.0174. The lowest BCUT2D eigenvalue weighted by Crippen LogP contribution is -2.36. The molecule has 0 saturated carbocycles. The van der Waals surface area contributed by atoms with Crippen LogP contribution in [0.15, 0.2) is 42.5 Å². The lowest BCUT2D eigenvalue weighted by atomic mass is 10.0. The fourth-order valence-corrected chi connectivity index (χ4v) is 4.38. The van der Waals surface area contributed by atoms with Gasteiger partial charge in [0.2, 0.25) is 0 Å². The van der Waals surface area contributed by atoms with Crippen LogP contribution in [0.4, 0.5) is 5.69 Å². The molecule has 0 unspecified atom stereocenters.